The van der Waals surface area contributed by atoms with Crippen LogP contribution in [0.2, 0.25) is 0 Å². The highest BCUT2D eigenvalue weighted by atomic mass is 32.2. The van der Waals surface area contributed by atoms with Crippen LogP contribution in [0.1, 0.15) is 12.8 Å². The Morgan fingerprint density at radius 2 is 1.71 bits per heavy atom. The number of rotatable bonds is 3. The monoisotopic (exact) mass is 218 g/mol. The molecular formula is C9H18N2O2S. The summed E-state index contributed by atoms with van der Waals surface area (Å²) in [5.74, 6) is 0.903. The summed E-state index contributed by atoms with van der Waals surface area (Å²) in [5.41, 5.74) is 0. The molecule has 2 rings (SSSR count). The first kappa shape index (κ1) is 10.4. The van der Waals surface area contributed by atoms with E-state index in [2.05, 4.69) is 4.90 Å². The van der Waals surface area contributed by atoms with Crippen molar-refractivity contribution in [2.45, 2.75) is 12.8 Å². The Morgan fingerprint density at radius 3 is 2.14 bits per heavy atom. The summed E-state index contributed by atoms with van der Waals surface area (Å²) in [4.78, 5) is 2.39. The Labute approximate surface area is 85.9 Å². The Kier molecular flexibility index (Phi) is 2.81. The van der Waals surface area contributed by atoms with Crippen LogP contribution in [0.25, 0.3) is 0 Å². The van der Waals surface area contributed by atoms with E-state index < -0.39 is 10.0 Å². The van der Waals surface area contributed by atoms with Crippen LogP contribution in [0, 0.1) is 5.92 Å². The number of nitrogens with zero attached hydrogens (tertiary/aromatic N) is 2. The van der Waals surface area contributed by atoms with Gasteiger partial charge in [-0.2, -0.15) is 4.31 Å². The van der Waals surface area contributed by atoms with Crippen LogP contribution in [0.5, 0.6) is 0 Å². The molecule has 0 atom stereocenters. The van der Waals surface area contributed by atoms with Crippen LogP contribution in [0.3, 0.4) is 0 Å². The van der Waals surface area contributed by atoms with E-state index in [0.29, 0.717) is 13.1 Å². The van der Waals surface area contributed by atoms with Gasteiger partial charge < -0.3 is 4.90 Å². The van der Waals surface area contributed by atoms with Gasteiger partial charge in [0.15, 0.2) is 0 Å². The predicted octanol–water partition coefficient (Wildman–Crippen LogP) is -0.0264. The average Bonchev–Trinajstić information content (AvgIpc) is 2.88. The van der Waals surface area contributed by atoms with Crippen molar-refractivity contribution in [2.75, 3.05) is 39.0 Å². The first-order chi connectivity index (χ1) is 6.55. The maximum atomic E-state index is 11.2. The summed E-state index contributed by atoms with van der Waals surface area (Å²) < 4.78 is 24.0. The normalized spacial score (nSPS) is 26.6. The van der Waals surface area contributed by atoms with Crippen molar-refractivity contribution in [2.24, 2.45) is 5.92 Å². The van der Waals surface area contributed by atoms with E-state index in [9.17, 15) is 8.42 Å². The first-order valence-electron chi connectivity index (χ1n) is 5.23. The second-order valence-electron chi connectivity index (χ2n) is 4.41. The highest BCUT2D eigenvalue weighted by molar-refractivity contribution is 7.88. The zero-order valence-corrected chi connectivity index (χ0v) is 9.46. The zero-order chi connectivity index (χ0) is 10.2. The van der Waals surface area contributed by atoms with E-state index in [0.717, 1.165) is 19.0 Å². The molecule has 1 heterocycles. The Hall–Kier alpha value is -0.130. The number of piperazine rings is 1. The summed E-state index contributed by atoms with van der Waals surface area (Å²) in [6, 6.07) is 0. The van der Waals surface area contributed by atoms with Crippen molar-refractivity contribution < 1.29 is 8.42 Å². The van der Waals surface area contributed by atoms with E-state index in [1.807, 2.05) is 0 Å². The highest BCUT2D eigenvalue weighted by Crippen LogP contribution is 2.29. The third-order valence-electron chi connectivity index (χ3n) is 3.01. The van der Waals surface area contributed by atoms with Crippen molar-refractivity contribution >= 4 is 10.0 Å². The van der Waals surface area contributed by atoms with Gasteiger partial charge in [0.05, 0.1) is 6.26 Å². The molecule has 1 aliphatic carbocycles. The highest BCUT2D eigenvalue weighted by Gasteiger charge is 2.28. The van der Waals surface area contributed by atoms with Gasteiger partial charge in [-0.15, -0.1) is 0 Å². The predicted molar refractivity (Wildman–Crippen MR) is 55.6 cm³/mol. The zero-order valence-electron chi connectivity index (χ0n) is 8.65. The third-order valence-corrected chi connectivity index (χ3v) is 4.32. The Balaban J connectivity index is 1.79. The van der Waals surface area contributed by atoms with Crippen LogP contribution >= 0.6 is 0 Å². The molecule has 0 bridgehead atoms. The van der Waals surface area contributed by atoms with Gasteiger partial charge in [0.2, 0.25) is 10.0 Å². The Bertz CT molecular complexity index is 290. The smallest absolute Gasteiger partial charge is 0.211 e. The molecule has 82 valence electrons. The molecule has 14 heavy (non-hydrogen) atoms. The van der Waals surface area contributed by atoms with Crippen molar-refractivity contribution in [3.8, 4) is 0 Å². The Morgan fingerprint density at radius 1 is 1.14 bits per heavy atom. The fourth-order valence-electron chi connectivity index (χ4n) is 1.91. The number of hydrogen-bond donors (Lipinski definition) is 0. The molecule has 2 aliphatic rings. The molecule has 0 N–H and O–H groups in total. The van der Waals surface area contributed by atoms with E-state index in [1.165, 1.54) is 25.6 Å². The minimum atomic E-state index is -2.96. The molecule has 0 aromatic rings. The second-order valence-corrected chi connectivity index (χ2v) is 6.39. The molecule has 4 nitrogen and oxygen atoms in total. The van der Waals surface area contributed by atoms with Crippen LogP contribution in [0.4, 0.5) is 0 Å². The summed E-state index contributed by atoms with van der Waals surface area (Å²) in [7, 11) is -2.96. The maximum Gasteiger partial charge on any atom is 0.211 e. The van der Waals surface area contributed by atoms with Crippen molar-refractivity contribution in [1.82, 2.24) is 9.21 Å². The number of sulfonamides is 1. The summed E-state index contributed by atoms with van der Waals surface area (Å²) in [6.07, 6.45) is 4.03. The molecule has 1 aliphatic heterocycles. The van der Waals surface area contributed by atoms with Crippen LogP contribution < -0.4 is 0 Å². The second kappa shape index (κ2) is 3.79. The van der Waals surface area contributed by atoms with Gasteiger partial charge in [0.25, 0.3) is 0 Å². The van der Waals surface area contributed by atoms with Crippen molar-refractivity contribution in [1.29, 1.82) is 0 Å². The lowest BCUT2D eigenvalue weighted by atomic mass is 10.3. The fraction of sp³-hybridized carbons (Fsp3) is 1.00. The molecule has 5 heteroatoms. The molecule has 1 saturated heterocycles. The van der Waals surface area contributed by atoms with E-state index in [4.69, 9.17) is 0 Å². The standard InChI is InChI=1S/C9H18N2O2S/c1-14(12,13)11-6-4-10(5-7-11)8-9-2-3-9/h9H,2-8H2,1H3. The van der Waals surface area contributed by atoms with Crippen LogP contribution in [-0.4, -0.2) is 56.6 Å². The summed E-state index contributed by atoms with van der Waals surface area (Å²) >= 11 is 0. The topological polar surface area (TPSA) is 40.6 Å². The van der Waals surface area contributed by atoms with E-state index in [-0.39, 0.29) is 0 Å². The molecule has 0 amide bonds. The third kappa shape index (κ3) is 2.68. The average molecular weight is 218 g/mol. The summed E-state index contributed by atoms with van der Waals surface area (Å²) in [6.45, 7) is 4.34. The van der Waals surface area contributed by atoms with Gasteiger partial charge in [-0.25, -0.2) is 8.42 Å². The minimum absolute atomic E-state index is 0.672. The van der Waals surface area contributed by atoms with E-state index >= 15 is 0 Å². The quantitative estimate of drug-likeness (QED) is 0.668. The molecule has 1 saturated carbocycles. The van der Waals surface area contributed by atoms with Gasteiger partial charge in [-0.3, -0.25) is 0 Å². The molecule has 2 fully saturated rings. The largest absolute Gasteiger partial charge is 0.300 e. The van der Waals surface area contributed by atoms with Gasteiger partial charge in [-0.05, 0) is 18.8 Å². The van der Waals surface area contributed by atoms with Crippen LogP contribution in [0.15, 0.2) is 0 Å². The van der Waals surface area contributed by atoms with Gasteiger partial charge in [-0.1, -0.05) is 0 Å². The SMILES string of the molecule is CS(=O)(=O)N1CCN(CC2CC2)CC1. The molecule has 0 aromatic heterocycles. The molecule has 0 spiro atoms. The molecule has 0 aromatic carbocycles. The maximum absolute atomic E-state index is 11.2. The lowest BCUT2D eigenvalue weighted by molar-refractivity contribution is 0.183. The van der Waals surface area contributed by atoms with Crippen molar-refractivity contribution in [3.63, 3.8) is 0 Å². The molecule has 0 radical (unpaired) electrons. The van der Waals surface area contributed by atoms with Gasteiger partial charge >= 0.3 is 0 Å². The van der Waals surface area contributed by atoms with Crippen LogP contribution in [-0.2, 0) is 10.0 Å². The molecule has 0 unspecified atom stereocenters. The molecular weight excluding hydrogens is 200 g/mol. The lowest BCUT2D eigenvalue weighted by Gasteiger charge is -2.33. The lowest BCUT2D eigenvalue weighted by Crippen LogP contribution is -2.48. The van der Waals surface area contributed by atoms with E-state index in [1.54, 1.807) is 4.31 Å². The minimum Gasteiger partial charge on any atom is -0.300 e. The van der Waals surface area contributed by atoms with Crippen molar-refractivity contribution in [3.05, 3.63) is 0 Å². The number of hydrogen-bond acceptors (Lipinski definition) is 3. The first-order valence-corrected chi connectivity index (χ1v) is 7.08. The summed E-state index contributed by atoms with van der Waals surface area (Å²) in [5, 5.41) is 0. The van der Waals surface area contributed by atoms with Gasteiger partial charge in [0.1, 0.15) is 0 Å². The fourth-order valence-corrected chi connectivity index (χ4v) is 2.74. The van der Waals surface area contributed by atoms with Gasteiger partial charge in [0, 0.05) is 32.7 Å².